The van der Waals surface area contributed by atoms with Crippen LogP contribution in [0.15, 0.2) is 228 Å². The third kappa shape index (κ3) is 5.03. The minimum Gasteiger partial charge on any atom is -0.438 e. The molecule has 1 unspecified atom stereocenters. The van der Waals surface area contributed by atoms with Gasteiger partial charge in [-0.3, -0.25) is 0 Å². The number of nitrogens with one attached hydrogen (secondary N) is 1. The maximum absolute atomic E-state index is 6.79. The van der Waals surface area contributed by atoms with Crippen LogP contribution in [-0.2, 0) is 5.41 Å². The van der Waals surface area contributed by atoms with E-state index in [1.54, 1.807) is 0 Å². The average molecular weight is 791 g/mol. The van der Waals surface area contributed by atoms with E-state index in [1.165, 1.54) is 50.1 Å². The Balaban J connectivity index is 1.00. The highest BCUT2D eigenvalue weighted by Crippen LogP contribution is 2.64. The Labute approximate surface area is 360 Å². The molecule has 1 atom stereocenters. The van der Waals surface area contributed by atoms with Crippen molar-refractivity contribution in [2.24, 2.45) is 4.99 Å². The van der Waals surface area contributed by atoms with Crippen LogP contribution in [0.2, 0.25) is 0 Å². The van der Waals surface area contributed by atoms with E-state index in [0.29, 0.717) is 5.88 Å². The van der Waals surface area contributed by atoms with E-state index in [-0.39, 0.29) is 6.04 Å². The second kappa shape index (κ2) is 13.5. The number of nitrogens with zero attached hydrogens (tertiary/aromatic N) is 1. The van der Waals surface area contributed by atoms with Gasteiger partial charge in [0.2, 0.25) is 5.88 Å². The van der Waals surface area contributed by atoms with Gasteiger partial charge in [0.1, 0.15) is 11.4 Å². The lowest BCUT2D eigenvalue weighted by Crippen LogP contribution is -2.32. The summed E-state index contributed by atoms with van der Waals surface area (Å²) >= 11 is 0. The van der Waals surface area contributed by atoms with Gasteiger partial charge in [-0.1, -0.05) is 188 Å². The van der Waals surface area contributed by atoms with Crippen molar-refractivity contribution >= 4 is 22.7 Å². The summed E-state index contributed by atoms with van der Waals surface area (Å²) in [7, 11) is 0. The van der Waals surface area contributed by atoms with Crippen LogP contribution in [0.5, 0.6) is 0 Å². The molecule has 0 radical (unpaired) electrons. The molecule has 0 fully saturated rings. The fraction of sp³-hybridized carbons (Fsp3) is 0.0339. The molecule has 290 valence electrons. The number of amidine groups is 1. The van der Waals surface area contributed by atoms with Crippen LogP contribution in [0.25, 0.3) is 66.6 Å². The SMILES string of the molecule is c1ccc(-c2cc(C3=Nc4oc5ccc(-c6cccc7c6-c6ccccc6C76c7ccccc7-c7ccccc76)cc5c4C(c4ccccc4)N3)cc(-c3ccccc3)c2)cc1. The molecule has 0 amide bonds. The molecule has 62 heavy (non-hydrogen) atoms. The number of hydrogen-bond donors (Lipinski definition) is 1. The first kappa shape index (κ1) is 34.8. The Hall–Kier alpha value is -8.01. The average Bonchev–Trinajstić information content (AvgIpc) is 3.98. The van der Waals surface area contributed by atoms with Crippen molar-refractivity contribution in [1.29, 1.82) is 0 Å². The second-order valence-corrected chi connectivity index (χ2v) is 16.6. The molecule has 13 rings (SSSR count). The molecular formula is C59H38N2O. The number of fused-ring (bicyclic) bond motifs is 13. The Kier molecular flexibility index (Phi) is 7.58. The standard InChI is InChI=1S/C59H38N2O/c1-4-17-37(18-5-1)41-33-42(38-19-6-2-7-20-38)35-43(34-41)57-60-56(39-21-8-3-9-22-39)55-48-36-40(31-32-53(48)62-58(55)61-57)44-26-16-30-52-54(44)47-25-12-15-29-51(47)59(52)49-27-13-10-23-45(49)46-24-11-14-28-50(46)59/h1-36,56H,(H,60,61). The van der Waals surface area contributed by atoms with E-state index < -0.39 is 5.41 Å². The van der Waals surface area contributed by atoms with E-state index in [2.05, 4.69) is 224 Å². The van der Waals surface area contributed by atoms with Crippen LogP contribution >= 0.6 is 0 Å². The van der Waals surface area contributed by atoms with E-state index in [4.69, 9.17) is 9.41 Å². The molecule has 3 heteroatoms. The molecule has 0 saturated carbocycles. The van der Waals surface area contributed by atoms with Crippen molar-refractivity contribution in [3.63, 3.8) is 0 Å². The Morgan fingerprint density at radius 2 is 0.919 bits per heavy atom. The number of rotatable bonds is 5. The highest BCUT2D eigenvalue weighted by Gasteiger charge is 2.52. The normalized spacial score (nSPS) is 15.0. The molecule has 2 aliphatic carbocycles. The zero-order valence-corrected chi connectivity index (χ0v) is 33.7. The molecule has 0 bridgehead atoms. The van der Waals surface area contributed by atoms with Gasteiger partial charge in [-0.25, -0.2) is 0 Å². The lowest BCUT2D eigenvalue weighted by Gasteiger charge is -2.30. The molecule has 9 aromatic carbocycles. The van der Waals surface area contributed by atoms with Gasteiger partial charge in [-0.15, -0.1) is 0 Å². The topological polar surface area (TPSA) is 37.5 Å². The summed E-state index contributed by atoms with van der Waals surface area (Å²) < 4.78 is 6.79. The fourth-order valence-corrected chi connectivity index (χ4v) is 10.8. The van der Waals surface area contributed by atoms with Gasteiger partial charge in [-0.05, 0) is 114 Å². The number of hydrogen-bond acceptors (Lipinski definition) is 3. The van der Waals surface area contributed by atoms with Gasteiger partial charge in [-0.2, -0.15) is 4.99 Å². The monoisotopic (exact) mass is 790 g/mol. The summed E-state index contributed by atoms with van der Waals surface area (Å²) in [4.78, 5) is 5.32. The van der Waals surface area contributed by atoms with Crippen LogP contribution in [0.4, 0.5) is 5.88 Å². The van der Waals surface area contributed by atoms with E-state index in [0.717, 1.165) is 61.3 Å². The van der Waals surface area contributed by atoms with Crippen molar-refractivity contribution in [2.75, 3.05) is 0 Å². The van der Waals surface area contributed by atoms with Gasteiger partial charge < -0.3 is 9.73 Å². The summed E-state index contributed by atoms with van der Waals surface area (Å²) in [5, 5.41) is 4.99. The molecule has 1 N–H and O–H groups in total. The Bertz CT molecular complexity index is 3330. The maximum Gasteiger partial charge on any atom is 0.227 e. The quantitative estimate of drug-likeness (QED) is 0.189. The third-order valence-corrected chi connectivity index (χ3v) is 13.4. The molecule has 1 spiro atoms. The highest BCUT2D eigenvalue weighted by molar-refractivity contribution is 6.06. The zero-order chi connectivity index (χ0) is 40.8. The van der Waals surface area contributed by atoms with Crippen LogP contribution in [0, 0.1) is 0 Å². The third-order valence-electron chi connectivity index (χ3n) is 13.4. The summed E-state index contributed by atoms with van der Waals surface area (Å²) in [6, 6.07) is 79.0. The first-order valence-electron chi connectivity index (χ1n) is 21.4. The first-order chi connectivity index (χ1) is 30.7. The first-order valence-corrected chi connectivity index (χ1v) is 21.4. The van der Waals surface area contributed by atoms with Gasteiger partial charge >= 0.3 is 0 Å². The van der Waals surface area contributed by atoms with Crippen molar-refractivity contribution in [3.8, 4) is 55.6 Å². The van der Waals surface area contributed by atoms with Crippen LogP contribution in [0.1, 0.15) is 45.0 Å². The number of aliphatic imine (C=N–C) groups is 1. The van der Waals surface area contributed by atoms with Gasteiger partial charge in [0.25, 0.3) is 0 Å². The fourth-order valence-electron chi connectivity index (χ4n) is 10.8. The molecule has 1 aromatic heterocycles. The van der Waals surface area contributed by atoms with Crippen molar-refractivity contribution < 1.29 is 4.42 Å². The lowest BCUT2D eigenvalue weighted by molar-refractivity contribution is 0.604. The molecule has 0 saturated heterocycles. The van der Waals surface area contributed by atoms with Crippen LogP contribution < -0.4 is 5.32 Å². The molecule has 2 heterocycles. The summed E-state index contributed by atoms with van der Waals surface area (Å²) in [5.74, 6) is 1.41. The maximum atomic E-state index is 6.79. The minimum absolute atomic E-state index is 0.201. The van der Waals surface area contributed by atoms with Crippen molar-refractivity contribution in [1.82, 2.24) is 5.32 Å². The molecular weight excluding hydrogens is 753 g/mol. The molecule has 3 nitrogen and oxygen atoms in total. The van der Waals surface area contributed by atoms with Crippen LogP contribution in [-0.4, -0.2) is 5.84 Å². The van der Waals surface area contributed by atoms with E-state index in [1.807, 2.05) is 0 Å². The van der Waals surface area contributed by atoms with E-state index in [9.17, 15) is 0 Å². The highest BCUT2D eigenvalue weighted by atomic mass is 16.3. The largest absolute Gasteiger partial charge is 0.438 e. The molecule has 3 aliphatic rings. The van der Waals surface area contributed by atoms with Crippen LogP contribution in [0.3, 0.4) is 0 Å². The summed E-state index contributed by atoms with van der Waals surface area (Å²) in [6.45, 7) is 0. The minimum atomic E-state index is -0.403. The summed E-state index contributed by atoms with van der Waals surface area (Å²) in [6.07, 6.45) is 0. The van der Waals surface area contributed by atoms with Gasteiger partial charge in [0.05, 0.1) is 17.0 Å². The molecule has 1 aliphatic heterocycles. The summed E-state index contributed by atoms with van der Waals surface area (Å²) in [5.41, 5.74) is 21.1. The van der Waals surface area contributed by atoms with Gasteiger partial charge in [0.15, 0.2) is 0 Å². The van der Waals surface area contributed by atoms with Crippen molar-refractivity contribution in [2.45, 2.75) is 11.5 Å². The number of furan rings is 1. The molecule has 10 aromatic rings. The predicted molar refractivity (Wildman–Crippen MR) is 253 cm³/mol. The van der Waals surface area contributed by atoms with E-state index >= 15 is 0 Å². The smallest absolute Gasteiger partial charge is 0.227 e. The second-order valence-electron chi connectivity index (χ2n) is 16.6. The van der Waals surface area contributed by atoms with Gasteiger partial charge in [0, 0.05) is 10.9 Å². The number of benzene rings is 9. The predicted octanol–water partition coefficient (Wildman–Crippen LogP) is 14.5. The van der Waals surface area contributed by atoms with Crippen molar-refractivity contribution in [3.05, 3.63) is 257 Å². The Morgan fingerprint density at radius 1 is 0.403 bits per heavy atom. The Morgan fingerprint density at radius 3 is 1.56 bits per heavy atom. The zero-order valence-electron chi connectivity index (χ0n) is 33.7. The lowest BCUT2D eigenvalue weighted by atomic mass is 9.70.